The van der Waals surface area contributed by atoms with Gasteiger partial charge in [0.25, 0.3) is 0 Å². The van der Waals surface area contributed by atoms with E-state index in [4.69, 9.17) is 9.47 Å². The van der Waals surface area contributed by atoms with Crippen LogP contribution >= 0.6 is 0 Å². The van der Waals surface area contributed by atoms with Gasteiger partial charge in [0.15, 0.2) is 11.5 Å². The summed E-state index contributed by atoms with van der Waals surface area (Å²) in [6, 6.07) is 7.00. The highest BCUT2D eigenvalue weighted by atomic mass is 32.2. The second-order valence-corrected chi connectivity index (χ2v) is 9.62. The SMILES string of the molecule is CC(C)C(NS(=O)(=O)c1ccc2c(c1)OCCCO2)C(=O)Nc1cc(-n2cnnn2)ccc1F. The maximum Gasteiger partial charge on any atom is 0.242 e. The Morgan fingerprint density at radius 3 is 2.59 bits per heavy atom. The molecule has 0 radical (unpaired) electrons. The predicted molar refractivity (Wildman–Crippen MR) is 119 cm³/mol. The minimum absolute atomic E-state index is 0.0814. The van der Waals surface area contributed by atoms with Gasteiger partial charge in [-0.05, 0) is 46.7 Å². The number of carbonyl (C=O) groups excluding carboxylic acids is 1. The van der Waals surface area contributed by atoms with Crippen molar-refractivity contribution in [2.45, 2.75) is 31.2 Å². The normalized spacial score (nSPS) is 14.5. The Kier molecular flexibility index (Phi) is 6.75. The molecule has 0 aliphatic carbocycles. The fourth-order valence-electron chi connectivity index (χ4n) is 3.28. The third-order valence-corrected chi connectivity index (χ3v) is 6.52. The number of nitrogens with one attached hydrogen (secondary N) is 2. The highest BCUT2D eigenvalue weighted by Gasteiger charge is 2.30. The molecule has 1 aliphatic rings. The van der Waals surface area contributed by atoms with Crippen LogP contribution in [0.5, 0.6) is 11.5 Å². The number of tetrazole rings is 1. The van der Waals surface area contributed by atoms with E-state index < -0.39 is 33.7 Å². The number of rotatable bonds is 7. The van der Waals surface area contributed by atoms with Crippen molar-refractivity contribution in [3.8, 4) is 17.2 Å². The van der Waals surface area contributed by atoms with Crippen molar-refractivity contribution in [2.75, 3.05) is 18.5 Å². The molecule has 2 aromatic carbocycles. The molecule has 0 saturated heterocycles. The average molecular weight is 491 g/mol. The first kappa shape index (κ1) is 23.6. The highest BCUT2D eigenvalue weighted by Crippen LogP contribution is 2.32. The lowest BCUT2D eigenvalue weighted by atomic mass is 10.0. The van der Waals surface area contributed by atoms with Crippen molar-refractivity contribution in [3.05, 3.63) is 48.5 Å². The summed E-state index contributed by atoms with van der Waals surface area (Å²) in [7, 11) is -4.11. The van der Waals surface area contributed by atoms with Gasteiger partial charge in [-0.2, -0.15) is 4.72 Å². The van der Waals surface area contributed by atoms with Crippen molar-refractivity contribution in [1.82, 2.24) is 24.9 Å². The molecule has 4 rings (SSSR count). The fraction of sp³-hybridized carbons (Fsp3) is 0.333. The van der Waals surface area contributed by atoms with Crippen LogP contribution in [-0.2, 0) is 14.8 Å². The molecule has 0 saturated carbocycles. The second-order valence-electron chi connectivity index (χ2n) is 7.91. The van der Waals surface area contributed by atoms with Crippen molar-refractivity contribution in [3.63, 3.8) is 0 Å². The maximum absolute atomic E-state index is 14.4. The molecule has 1 atom stereocenters. The molecule has 3 aromatic rings. The number of amides is 1. The molecule has 13 heteroatoms. The molecule has 11 nitrogen and oxygen atoms in total. The van der Waals surface area contributed by atoms with E-state index in [1.165, 1.54) is 41.3 Å². The number of hydrogen-bond acceptors (Lipinski definition) is 8. The molecule has 0 spiro atoms. The smallest absolute Gasteiger partial charge is 0.242 e. The van der Waals surface area contributed by atoms with Gasteiger partial charge in [0.1, 0.15) is 18.2 Å². The Labute approximate surface area is 195 Å². The summed E-state index contributed by atoms with van der Waals surface area (Å²) in [6.45, 7) is 4.22. The number of halogens is 1. The van der Waals surface area contributed by atoms with Crippen LogP contribution in [0.4, 0.5) is 10.1 Å². The summed E-state index contributed by atoms with van der Waals surface area (Å²) < 4.78 is 55.3. The Morgan fingerprint density at radius 2 is 1.88 bits per heavy atom. The number of aromatic nitrogens is 4. The van der Waals surface area contributed by atoms with E-state index in [2.05, 4.69) is 25.6 Å². The Morgan fingerprint density at radius 1 is 1.12 bits per heavy atom. The quantitative estimate of drug-likeness (QED) is 0.512. The fourth-order valence-corrected chi connectivity index (χ4v) is 4.64. The van der Waals surface area contributed by atoms with Gasteiger partial charge in [-0.15, -0.1) is 5.10 Å². The van der Waals surface area contributed by atoms with Crippen LogP contribution in [0.25, 0.3) is 5.69 Å². The van der Waals surface area contributed by atoms with Crippen LogP contribution in [0.15, 0.2) is 47.6 Å². The molecule has 0 fully saturated rings. The number of sulfonamides is 1. The predicted octanol–water partition coefficient (Wildman–Crippen LogP) is 1.90. The minimum Gasteiger partial charge on any atom is -0.490 e. The third kappa shape index (κ3) is 5.15. The molecular weight excluding hydrogens is 467 g/mol. The summed E-state index contributed by atoms with van der Waals surface area (Å²) in [5.41, 5.74) is 0.272. The van der Waals surface area contributed by atoms with Crippen molar-refractivity contribution in [2.24, 2.45) is 5.92 Å². The Hall–Kier alpha value is -3.58. The van der Waals surface area contributed by atoms with Gasteiger partial charge in [0.05, 0.1) is 29.5 Å². The molecular formula is C21H23FN6O5S. The molecule has 1 amide bonds. The van der Waals surface area contributed by atoms with Crippen molar-refractivity contribution < 1.29 is 27.1 Å². The van der Waals surface area contributed by atoms with Crippen molar-refractivity contribution in [1.29, 1.82) is 0 Å². The second kappa shape index (κ2) is 9.73. The number of carbonyl (C=O) groups is 1. The number of fused-ring (bicyclic) bond motifs is 1. The van der Waals surface area contributed by atoms with Crippen LogP contribution in [0, 0.1) is 11.7 Å². The average Bonchev–Trinajstić information content (AvgIpc) is 3.24. The number of ether oxygens (including phenoxy) is 2. The molecule has 180 valence electrons. The van der Waals surface area contributed by atoms with Crippen LogP contribution in [0.3, 0.4) is 0 Å². The van der Waals surface area contributed by atoms with Crippen LogP contribution in [0.2, 0.25) is 0 Å². The Balaban J connectivity index is 1.55. The zero-order valence-electron chi connectivity index (χ0n) is 18.4. The summed E-state index contributed by atoms with van der Waals surface area (Å²) >= 11 is 0. The molecule has 34 heavy (non-hydrogen) atoms. The van der Waals surface area contributed by atoms with Gasteiger partial charge in [0.2, 0.25) is 15.9 Å². The lowest BCUT2D eigenvalue weighted by Gasteiger charge is -2.22. The molecule has 2 N–H and O–H groups in total. The standard InChI is InChI=1S/C21H23FN6O5S/c1-13(2)20(21(29)24-17-10-14(4-6-16(17)22)28-12-23-26-27-28)25-34(30,31)15-5-7-18-19(11-15)33-9-3-8-32-18/h4-7,10-13,20,25H,3,8-9H2,1-2H3,(H,24,29). The lowest BCUT2D eigenvalue weighted by Crippen LogP contribution is -2.47. The summed E-state index contributed by atoms with van der Waals surface area (Å²) in [5.74, 6) is -1.10. The first-order valence-corrected chi connectivity index (χ1v) is 12.0. The van der Waals surface area contributed by atoms with Gasteiger partial charge >= 0.3 is 0 Å². The van der Waals surface area contributed by atoms with Gasteiger partial charge in [-0.1, -0.05) is 13.8 Å². The summed E-state index contributed by atoms with van der Waals surface area (Å²) in [6.07, 6.45) is 2.00. The first-order valence-electron chi connectivity index (χ1n) is 10.5. The van der Waals surface area contributed by atoms with Gasteiger partial charge in [-0.25, -0.2) is 17.5 Å². The summed E-state index contributed by atoms with van der Waals surface area (Å²) in [4.78, 5) is 12.9. The minimum atomic E-state index is -4.11. The third-order valence-electron chi connectivity index (χ3n) is 5.08. The number of anilines is 1. The molecule has 2 heterocycles. The van der Waals surface area contributed by atoms with E-state index in [0.29, 0.717) is 36.8 Å². The zero-order valence-corrected chi connectivity index (χ0v) is 19.3. The van der Waals surface area contributed by atoms with E-state index in [0.717, 1.165) is 6.07 Å². The largest absolute Gasteiger partial charge is 0.490 e. The monoisotopic (exact) mass is 490 g/mol. The number of benzene rings is 2. The molecule has 1 aromatic heterocycles. The highest BCUT2D eigenvalue weighted by molar-refractivity contribution is 7.89. The topological polar surface area (TPSA) is 137 Å². The van der Waals surface area contributed by atoms with Crippen LogP contribution in [0.1, 0.15) is 20.3 Å². The van der Waals surface area contributed by atoms with Crippen molar-refractivity contribution >= 4 is 21.6 Å². The van der Waals surface area contributed by atoms with E-state index in [9.17, 15) is 17.6 Å². The van der Waals surface area contributed by atoms with Crippen LogP contribution in [-0.4, -0.2) is 53.8 Å². The first-order chi connectivity index (χ1) is 16.2. The summed E-state index contributed by atoms with van der Waals surface area (Å²) in [5, 5.41) is 13.2. The van der Waals surface area contributed by atoms with Crippen LogP contribution < -0.4 is 19.5 Å². The Bertz CT molecular complexity index is 1280. The molecule has 1 aliphatic heterocycles. The molecule has 1 unspecified atom stereocenters. The van der Waals surface area contributed by atoms with E-state index in [1.54, 1.807) is 13.8 Å². The molecule has 0 bridgehead atoms. The van der Waals surface area contributed by atoms with E-state index >= 15 is 0 Å². The van der Waals surface area contributed by atoms with Gasteiger partial charge < -0.3 is 14.8 Å². The maximum atomic E-state index is 14.4. The lowest BCUT2D eigenvalue weighted by molar-refractivity contribution is -0.118. The van der Waals surface area contributed by atoms with E-state index in [-0.39, 0.29) is 10.6 Å². The van der Waals surface area contributed by atoms with E-state index in [1.807, 2.05) is 0 Å². The number of nitrogens with zero attached hydrogens (tertiary/aromatic N) is 4. The van der Waals surface area contributed by atoms with Gasteiger partial charge in [0, 0.05) is 12.5 Å². The van der Waals surface area contributed by atoms with Gasteiger partial charge in [-0.3, -0.25) is 4.79 Å². The number of hydrogen-bond donors (Lipinski definition) is 2. The zero-order chi connectivity index (χ0) is 24.3.